The SMILES string of the molecule is c1cc2cc(-c3c[nH]c4nc(NC5CCCCC5)ncc34)ccn2n1. The molecule has 5 rings (SSSR count). The molecule has 2 N–H and O–H groups in total. The van der Waals surface area contributed by atoms with Crippen molar-refractivity contribution in [2.75, 3.05) is 5.32 Å². The molecule has 0 spiro atoms. The maximum Gasteiger partial charge on any atom is 0.224 e. The maximum atomic E-state index is 4.67. The van der Waals surface area contributed by atoms with Gasteiger partial charge in [0.15, 0.2) is 0 Å². The van der Waals surface area contributed by atoms with Crippen LogP contribution in [0.25, 0.3) is 27.7 Å². The summed E-state index contributed by atoms with van der Waals surface area (Å²) in [5.74, 6) is 0.721. The molecule has 4 aromatic rings. The van der Waals surface area contributed by atoms with Crippen molar-refractivity contribution in [2.45, 2.75) is 38.1 Å². The molecule has 6 nitrogen and oxygen atoms in total. The van der Waals surface area contributed by atoms with E-state index in [-0.39, 0.29) is 0 Å². The molecule has 0 amide bonds. The van der Waals surface area contributed by atoms with E-state index in [1.54, 1.807) is 6.20 Å². The van der Waals surface area contributed by atoms with Gasteiger partial charge in [-0.1, -0.05) is 19.3 Å². The largest absolute Gasteiger partial charge is 0.351 e. The lowest BCUT2D eigenvalue weighted by atomic mass is 9.96. The third-order valence-corrected chi connectivity index (χ3v) is 5.08. The molecule has 0 aliphatic heterocycles. The van der Waals surface area contributed by atoms with Gasteiger partial charge in [0.2, 0.25) is 5.95 Å². The van der Waals surface area contributed by atoms with E-state index < -0.39 is 0 Å². The molecule has 1 saturated carbocycles. The summed E-state index contributed by atoms with van der Waals surface area (Å²) in [7, 11) is 0. The van der Waals surface area contributed by atoms with Crippen molar-refractivity contribution in [3.63, 3.8) is 0 Å². The van der Waals surface area contributed by atoms with Gasteiger partial charge in [-0.2, -0.15) is 10.1 Å². The van der Waals surface area contributed by atoms with Gasteiger partial charge in [-0.25, -0.2) is 9.50 Å². The third-order valence-electron chi connectivity index (χ3n) is 5.08. The van der Waals surface area contributed by atoms with Gasteiger partial charge in [-0.3, -0.25) is 0 Å². The summed E-state index contributed by atoms with van der Waals surface area (Å²) in [5, 5.41) is 8.78. The average molecular weight is 332 g/mol. The second-order valence-electron chi connectivity index (χ2n) is 6.75. The van der Waals surface area contributed by atoms with Gasteiger partial charge in [0, 0.05) is 41.8 Å². The Kier molecular flexibility index (Phi) is 3.40. The van der Waals surface area contributed by atoms with E-state index in [0.717, 1.165) is 33.6 Å². The van der Waals surface area contributed by atoms with Gasteiger partial charge < -0.3 is 10.3 Å². The number of rotatable bonds is 3. The highest BCUT2D eigenvalue weighted by molar-refractivity contribution is 5.94. The van der Waals surface area contributed by atoms with Gasteiger partial charge in [-0.15, -0.1) is 0 Å². The topological polar surface area (TPSA) is 70.9 Å². The minimum absolute atomic E-state index is 0.505. The van der Waals surface area contributed by atoms with Gasteiger partial charge >= 0.3 is 0 Å². The summed E-state index contributed by atoms with van der Waals surface area (Å²) in [4.78, 5) is 12.5. The van der Waals surface area contributed by atoms with E-state index in [2.05, 4.69) is 37.5 Å². The molecule has 0 atom stereocenters. The lowest BCUT2D eigenvalue weighted by molar-refractivity contribution is 0.461. The first-order valence-electron chi connectivity index (χ1n) is 8.91. The molecule has 1 fully saturated rings. The third kappa shape index (κ3) is 2.63. The first-order chi connectivity index (χ1) is 12.4. The molecule has 6 heteroatoms. The van der Waals surface area contributed by atoms with Crippen LogP contribution < -0.4 is 5.32 Å². The highest BCUT2D eigenvalue weighted by atomic mass is 15.2. The molecule has 0 unspecified atom stereocenters. The second-order valence-corrected chi connectivity index (χ2v) is 6.75. The second kappa shape index (κ2) is 5.88. The zero-order chi connectivity index (χ0) is 16.6. The van der Waals surface area contributed by atoms with Crippen LogP contribution in [0, 0.1) is 0 Å². The summed E-state index contributed by atoms with van der Waals surface area (Å²) in [6.07, 6.45) is 14.1. The first-order valence-corrected chi connectivity index (χ1v) is 8.91. The Labute approximate surface area is 145 Å². The van der Waals surface area contributed by atoms with Crippen LogP contribution in [0.15, 0.2) is 43.0 Å². The Morgan fingerprint density at radius 2 is 2.08 bits per heavy atom. The molecule has 0 aromatic carbocycles. The molecule has 1 aliphatic carbocycles. The Morgan fingerprint density at radius 1 is 1.16 bits per heavy atom. The number of hydrogen-bond donors (Lipinski definition) is 2. The predicted molar refractivity (Wildman–Crippen MR) is 98.6 cm³/mol. The number of nitrogens with zero attached hydrogens (tertiary/aromatic N) is 4. The molecule has 0 radical (unpaired) electrons. The molecule has 1 aliphatic rings. The van der Waals surface area contributed by atoms with Crippen molar-refractivity contribution in [3.05, 3.63) is 43.0 Å². The summed E-state index contributed by atoms with van der Waals surface area (Å²) < 4.78 is 1.86. The minimum Gasteiger partial charge on any atom is -0.351 e. The normalized spacial score (nSPS) is 15.8. The number of aromatic nitrogens is 5. The lowest BCUT2D eigenvalue weighted by Crippen LogP contribution is -2.23. The van der Waals surface area contributed by atoms with E-state index in [4.69, 9.17) is 0 Å². The predicted octanol–water partition coefficient (Wildman–Crippen LogP) is 4.02. The van der Waals surface area contributed by atoms with E-state index in [1.165, 1.54) is 32.1 Å². The van der Waals surface area contributed by atoms with Crippen molar-refractivity contribution < 1.29 is 0 Å². The Balaban J connectivity index is 1.48. The number of anilines is 1. The summed E-state index contributed by atoms with van der Waals surface area (Å²) in [5.41, 5.74) is 4.19. The summed E-state index contributed by atoms with van der Waals surface area (Å²) in [6, 6.07) is 6.70. The van der Waals surface area contributed by atoms with Crippen molar-refractivity contribution >= 4 is 22.5 Å². The maximum absolute atomic E-state index is 4.67. The molecule has 25 heavy (non-hydrogen) atoms. The fourth-order valence-electron chi connectivity index (χ4n) is 3.73. The van der Waals surface area contributed by atoms with Crippen LogP contribution >= 0.6 is 0 Å². The number of hydrogen-bond acceptors (Lipinski definition) is 4. The number of pyridine rings is 1. The number of aromatic amines is 1. The Morgan fingerprint density at radius 3 is 3.00 bits per heavy atom. The van der Waals surface area contributed by atoms with E-state index >= 15 is 0 Å². The van der Waals surface area contributed by atoms with Crippen LogP contribution in [0.3, 0.4) is 0 Å². The van der Waals surface area contributed by atoms with Gasteiger partial charge in [0.25, 0.3) is 0 Å². The molecule has 4 aromatic heterocycles. The van der Waals surface area contributed by atoms with Crippen LogP contribution in [0.4, 0.5) is 5.95 Å². The number of nitrogens with one attached hydrogen (secondary N) is 2. The highest BCUT2D eigenvalue weighted by Crippen LogP contribution is 2.29. The van der Waals surface area contributed by atoms with Crippen molar-refractivity contribution in [1.82, 2.24) is 24.6 Å². The lowest BCUT2D eigenvalue weighted by Gasteiger charge is -2.22. The molecule has 126 valence electrons. The van der Waals surface area contributed by atoms with Gasteiger partial charge in [0.1, 0.15) is 5.65 Å². The van der Waals surface area contributed by atoms with Crippen molar-refractivity contribution in [1.29, 1.82) is 0 Å². The van der Waals surface area contributed by atoms with Gasteiger partial charge in [0.05, 0.1) is 5.52 Å². The molecule has 0 saturated heterocycles. The Hall–Kier alpha value is -2.89. The fourth-order valence-corrected chi connectivity index (χ4v) is 3.73. The van der Waals surface area contributed by atoms with Crippen LogP contribution in [0.2, 0.25) is 0 Å². The smallest absolute Gasteiger partial charge is 0.224 e. The highest BCUT2D eigenvalue weighted by Gasteiger charge is 2.15. The zero-order valence-corrected chi connectivity index (χ0v) is 13.9. The quantitative estimate of drug-likeness (QED) is 0.594. The molecule has 0 bridgehead atoms. The summed E-state index contributed by atoms with van der Waals surface area (Å²) in [6.45, 7) is 0. The van der Waals surface area contributed by atoms with Crippen LogP contribution in [0.1, 0.15) is 32.1 Å². The summed E-state index contributed by atoms with van der Waals surface area (Å²) >= 11 is 0. The average Bonchev–Trinajstić information content (AvgIpc) is 3.28. The van der Waals surface area contributed by atoms with E-state index in [0.29, 0.717) is 6.04 Å². The fraction of sp³-hybridized carbons (Fsp3) is 0.316. The van der Waals surface area contributed by atoms with Crippen LogP contribution in [0.5, 0.6) is 0 Å². The molecular formula is C19H20N6. The van der Waals surface area contributed by atoms with Gasteiger partial charge in [-0.05, 0) is 36.6 Å². The minimum atomic E-state index is 0.505. The number of fused-ring (bicyclic) bond motifs is 2. The first kappa shape index (κ1) is 14.5. The molecular weight excluding hydrogens is 312 g/mol. The van der Waals surface area contributed by atoms with Crippen molar-refractivity contribution in [3.8, 4) is 11.1 Å². The van der Waals surface area contributed by atoms with E-state index in [9.17, 15) is 0 Å². The number of H-pyrrole nitrogens is 1. The van der Waals surface area contributed by atoms with Crippen LogP contribution in [-0.4, -0.2) is 30.6 Å². The van der Waals surface area contributed by atoms with Crippen molar-refractivity contribution in [2.24, 2.45) is 0 Å². The zero-order valence-electron chi connectivity index (χ0n) is 13.9. The standard InChI is InChI=1S/C19H20N6/c1-2-4-14(5-3-1)23-19-21-12-17-16(11-20-18(17)24-19)13-7-9-25-15(10-13)6-8-22-25/h6-12,14H,1-5H2,(H2,20,21,23,24). The Bertz CT molecular complexity index is 1020. The monoisotopic (exact) mass is 332 g/mol. The molecule has 4 heterocycles. The van der Waals surface area contributed by atoms with Crippen LogP contribution in [-0.2, 0) is 0 Å². The van der Waals surface area contributed by atoms with E-state index in [1.807, 2.05) is 29.2 Å².